The molecule has 0 atom stereocenters. The first kappa shape index (κ1) is 11.3. The molecule has 15 heavy (non-hydrogen) atoms. The summed E-state index contributed by atoms with van der Waals surface area (Å²) in [4.78, 5) is 10.1. The van der Waals surface area contributed by atoms with Gasteiger partial charge in [0, 0.05) is 11.6 Å². The van der Waals surface area contributed by atoms with Crippen LogP contribution in [-0.4, -0.2) is 12.0 Å². The number of alkyl halides is 1. The first-order valence-corrected chi connectivity index (χ1v) is 4.48. The minimum absolute atomic E-state index is 0.0551. The first-order valence-electron chi connectivity index (χ1n) is 3.95. The van der Waals surface area contributed by atoms with Crippen molar-refractivity contribution in [2.45, 2.75) is 5.88 Å². The van der Waals surface area contributed by atoms with Gasteiger partial charge in [-0.15, -0.1) is 11.6 Å². The number of halogens is 1. The zero-order chi connectivity index (χ0) is 11.4. The van der Waals surface area contributed by atoms with E-state index in [1.807, 2.05) is 6.07 Å². The number of ether oxygens (including phenoxy) is 1. The second-order valence-electron chi connectivity index (χ2n) is 2.69. The summed E-state index contributed by atoms with van der Waals surface area (Å²) in [5, 5.41) is 19.4. The highest BCUT2D eigenvalue weighted by atomic mass is 35.5. The molecule has 0 aromatic heterocycles. The Hall–Kier alpha value is -1.80. The normalized spacial score (nSPS) is 9.40. The fraction of sp³-hybridized carbons (Fsp3) is 0.222. The molecule has 0 aliphatic heterocycles. The van der Waals surface area contributed by atoms with Crippen molar-refractivity contribution in [3.63, 3.8) is 0 Å². The monoisotopic (exact) mass is 226 g/mol. The number of benzene rings is 1. The first-order chi connectivity index (χ1) is 7.13. The van der Waals surface area contributed by atoms with Crippen LogP contribution in [0.5, 0.6) is 5.75 Å². The van der Waals surface area contributed by atoms with E-state index >= 15 is 0 Å². The molecule has 0 aliphatic rings. The van der Waals surface area contributed by atoms with Crippen molar-refractivity contribution in [3.05, 3.63) is 33.4 Å². The van der Waals surface area contributed by atoms with Gasteiger partial charge in [0.1, 0.15) is 0 Å². The number of rotatable bonds is 3. The number of methoxy groups -OCH3 is 1. The van der Waals surface area contributed by atoms with Crippen LogP contribution in [0.2, 0.25) is 0 Å². The van der Waals surface area contributed by atoms with Crippen molar-refractivity contribution < 1.29 is 9.66 Å². The molecule has 1 aromatic carbocycles. The topological polar surface area (TPSA) is 76.2 Å². The van der Waals surface area contributed by atoms with E-state index in [-0.39, 0.29) is 22.9 Å². The standard InChI is InChI=1S/C9H7ClN2O3/c1-15-9-7(4-10)2-6(5-11)3-8(9)12(13)14/h2-3H,4H2,1H3. The number of hydrogen-bond acceptors (Lipinski definition) is 4. The Labute approximate surface area is 91.0 Å². The zero-order valence-corrected chi connectivity index (χ0v) is 8.61. The lowest BCUT2D eigenvalue weighted by molar-refractivity contribution is -0.385. The van der Waals surface area contributed by atoms with Crippen LogP contribution in [-0.2, 0) is 5.88 Å². The van der Waals surface area contributed by atoms with E-state index in [4.69, 9.17) is 21.6 Å². The van der Waals surface area contributed by atoms with Gasteiger partial charge in [-0.25, -0.2) is 0 Å². The molecule has 0 heterocycles. The third kappa shape index (κ3) is 2.17. The molecule has 1 rings (SSSR count). The van der Waals surface area contributed by atoms with E-state index in [0.717, 1.165) is 6.07 Å². The van der Waals surface area contributed by atoms with Gasteiger partial charge < -0.3 is 4.74 Å². The summed E-state index contributed by atoms with van der Waals surface area (Å²) in [6, 6.07) is 4.46. The second-order valence-corrected chi connectivity index (χ2v) is 2.96. The van der Waals surface area contributed by atoms with Gasteiger partial charge >= 0.3 is 5.69 Å². The Morgan fingerprint density at radius 2 is 2.33 bits per heavy atom. The van der Waals surface area contributed by atoms with Gasteiger partial charge in [0.2, 0.25) is 5.75 Å². The highest BCUT2D eigenvalue weighted by molar-refractivity contribution is 6.17. The summed E-state index contributed by atoms with van der Waals surface area (Å²) in [5.74, 6) is 0.161. The van der Waals surface area contributed by atoms with E-state index in [9.17, 15) is 10.1 Å². The molecule has 78 valence electrons. The zero-order valence-electron chi connectivity index (χ0n) is 7.86. The summed E-state index contributed by atoms with van der Waals surface area (Å²) < 4.78 is 4.89. The average Bonchev–Trinajstić information content (AvgIpc) is 2.26. The van der Waals surface area contributed by atoms with E-state index < -0.39 is 4.92 Å². The molecule has 0 amide bonds. The van der Waals surface area contributed by atoms with E-state index in [2.05, 4.69) is 0 Å². The Morgan fingerprint density at radius 1 is 1.67 bits per heavy atom. The van der Waals surface area contributed by atoms with Crippen LogP contribution in [0.1, 0.15) is 11.1 Å². The predicted octanol–water partition coefficient (Wildman–Crippen LogP) is 2.21. The maximum Gasteiger partial charge on any atom is 0.312 e. The van der Waals surface area contributed by atoms with Crippen molar-refractivity contribution in [2.24, 2.45) is 0 Å². The molecule has 0 spiro atoms. The van der Waals surface area contributed by atoms with Crippen molar-refractivity contribution >= 4 is 17.3 Å². The number of nitro benzene ring substituents is 1. The lowest BCUT2D eigenvalue weighted by Gasteiger charge is -2.06. The number of nitrogens with zero attached hydrogens (tertiary/aromatic N) is 2. The highest BCUT2D eigenvalue weighted by Crippen LogP contribution is 2.33. The Kier molecular flexibility index (Phi) is 3.47. The molecule has 0 fully saturated rings. The lowest BCUT2D eigenvalue weighted by Crippen LogP contribution is -1.98. The van der Waals surface area contributed by atoms with Crippen molar-refractivity contribution in [2.75, 3.05) is 7.11 Å². The second kappa shape index (κ2) is 4.62. The molecule has 0 unspecified atom stereocenters. The molecule has 0 N–H and O–H groups in total. The fourth-order valence-corrected chi connectivity index (χ4v) is 1.41. The number of hydrogen-bond donors (Lipinski definition) is 0. The van der Waals surface area contributed by atoms with Crippen LogP contribution in [0.4, 0.5) is 5.69 Å². The number of nitriles is 1. The molecule has 0 saturated carbocycles. The molecule has 6 heteroatoms. The fourth-order valence-electron chi connectivity index (χ4n) is 1.21. The molecule has 0 radical (unpaired) electrons. The van der Waals surface area contributed by atoms with E-state index in [1.165, 1.54) is 13.2 Å². The summed E-state index contributed by atoms with van der Waals surface area (Å²) >= 11 is 5.60. The smallest absolute Gasteiger partial charge is 0.312 e. The van der Waals surface area contributed by atoms with Gasteiger partial charge in [0.15, 0.2) is 0 Å². The summed E-state index contributed by atoms with van der Waals surface area (Å²) in [7, 11) is 1.32. The Bertz CT molecular complexity index is 440. The minimum Gasteiger partial charge on any atom is -0.490 e. The summed E-state index contributed by atoms with van der Waals surface area (Å²) in [6.07, 6.45) is 0. The van der Waals surface area contributed by atoms with Crippen molar-refractivity contribution in [1.82, 2.24) is 0 Å². The van der Waals surface area contributed by atoms with E-state index in [1.54, 1.807) is 0 Å². The Balaban J connectivity index is 3.47. The third-order valence-electron chi connectivity index (χ3n) is 1.82. The minimum atomic E-state index is -0.601. The molecule has 0 saturated heterocycles. The maximum atomic E-state index is 10.7. The van der Waals surface area contributed by atoms with Crippen LogP contribution >= 0.6 is 11.6 Å². The third-order valence-corrected chi connectivity index (χ3v) is 2.11. The molecule has 0 bridgehead atoms. The quantitative estimate of drug-likeness (QED) is 0.450. The van der Waals surface area contributed by atoms with Gasteiger partial charge in [-0.2, -0.15) is 5.26 Å². The van der Waals surface area contributed by atoms with Crippen LogP contribution in [0.15, 0.2) is 12.1 Å². The van der Waals surface area contributed by atoms with Crippen LogP contribution < -0.4 is 4.74 Å². The van der Waals surface area contributed by atoms with Gasteiger partial charge in [-0.05, 0) is 6.07 Å². The molecular formula is C9H7ClN2O3. The number of nitro groups is 1. The van der Waals surface area contributed by atoms with Crippen molar-refractivity contribution in [1.29, 1.82) is 5.26 Å². The maximum absolute atomic E-state index is 10.7. The molecule has 0 aliphatic carbocycles. The van der Waals surface area contributed by atoms with Gasteiger partial charge in [0.05, 0.1) is 29.5 Å². The van der Waals surface area contributed by atoms with Gasteiger partial charge in [-0.1, -0.05) is 0 Å². The Morgan fingerprint density at radius 3 is 2.73 bits per heavy atom. The molecule has 5 nitrogen and oxygen atoms in total. The van der Waals surface area contributed by atoms with Crippen molar-refractivity contribution in [3.8, 4) is 11.8 Å². The highest BCUT2D eigenvalue weighted by Gasteiger charge is 2.19. The largest absolute Gasteiger partial charge is 0.490 e. The van der Waals surface area contributed by atoms with E-state index in [0.29, 0.717) is 5.56 Å². The van der Waals surface area contributed by atoms with Crippen LogP contribution in [0, 0.1) is 21.4 Å². The molecule has 1 aromatic rings. The van der Waals surface area contributed by atoms with Crippen LogP contribution in [0.3, 0.4) is 0 Å². The van der Waals surface area contributed by atoms with Crippen LogP contribution in [0.25, 0.3) is 0 Å². The predicted molar refractivity (Wildman–Crippen MR) is 53.9 cm³/mol. The lowest BCUT2D eigenvalue weighted by atomic mass is 10.1. The summed E-state index contributed by atoms with van der Waals surface area (Å²) in [5.41, 5.74) is 0.385. The van der Waals surface area contributed by atoms with Gasteiger partial charge in [-0.3, -0.25) is 10.1 Å². The average molecular weight is 227 g/mol. The SMILES string of the molecule is COc1c(CCl)cc(C#N)cc1[N+](=O)[O-]. The van der Waals surface area contributed by atoms with Gasteiger partial charge in [0.25, 0.3) is 0 Å². The summed E-state index contributed by atoms with van der Waals surface area (Å²) in [6.45, 7) is 0. The molecular weight excluding hydrogens is 220 g/mol.